The number of nitrogens with zero attached hydrogens (tertiary/aromatic N) is 1. The molecule has 0 N–H and O–H groups in total. The average Bonchev–Trinajstić information content (AvgIpc) is 2.65. The number of rotatable bonds is 2. The molecule has 0 unspecified atom stereocenters. The summed E-state index contributed by atoms with van der Waals surface area (Å²) < 4.78 is 23.1. The van der Waals surface area contributed by atoms with E-state index in [0.717, 1.165) is 16.8 Å². The van der Waals surface area contributed by atoms with Gasteiger partial charge in [-0.25, -0.2) is 8.42 Å². The third-order valence-electron chi connectivity index (χ3n) is 3.42. The highest BCUT2D eigenvalue weighted by molar-refractivity contribution is 7.94. The molecular formula is C14H17NO3S. The van der Waals surface area contributed by atoms with Crippen molar-refractivity contribution in [2.45, 2.75) is 26.8 Å². The van der Waals surface area contributed by atoms with E-state index < -0.39 is 15.9 Å². The van der Waals surface area contributed by atoms with E-state index in [1.807, 2.05) is 32.0 Å². The number of anilines is 1. The minimum Gasteiger partial charge on any atom is -0.304 e. The maximum atomic E-state index is 11.9. The number of sulfone groups is 1. The second-order valence-corrected chi connectivity index (χ2v) is 6.76. The minimum atomic E-state index is -3.18. The van der Waals surface area contributed by atoms with Gasteiger partial charge in [0.15, 0.2) is 9.84 Å². The molecule has 0 saturated carbocycles. The van der Waals surface area contributed by atoms with Crippen LogP contribution in [0.1, 0.15) is 18.1 Å². The average molecular weight is 279 g/mol. The zero-order valence-corrected chi connectivity index (χ0v) is 12.1. The predicted octanol–water partition coefficient (Wildman–Crippen LogP) is 1.97. The minimum absolute atomic E-state index is 0.0417. The van der Waals surface area contributed by atoms with Crippen molar-refractivity contribution in [1.82, 2.24) is 0 Å². The summed E-state index contributed by atoms with van der Waals surface area (Å²) in [5.74, 6) is -0.194. The van der Waals surface area contributed by atoms with Crippen molar-refractivity contribution < 1.29 is 13.2 Å². The zero-order chi connectivity index (χ0) is 14.2. The lowest BCUT2D eigenvalue weighted by atomic mass is 10.1. The number of hydrogen-bond donors (Lipinski definition) is 0. The lowest BCUT2D eigenvalue weighted by Gasteiger charge is -2.28. The summed E-state index contributed by atoms with van der Waals surface area (Å²) in [5.41, 5.74) is 2.85. The van der Waals surface area contributed by atoms with Gasteiger partial charge in [0.25, 0.3) is 0 Å². The third-order valence-corrected chi connectivity index (χ3v) is 4.80. The number of amides is 1. The Bertz CT molecular complexity index is 647. The van der Waals surface area contributed by atoms with E-state index in [1.54, 1.807) is 11.0 Å². The lowest BCUT2D eigenvalue weighted by Crippen LogP contribution is -2.40. The Kier molecular flexibility index (Phi) is 3.49. The summed E-state index contributed by atoms with van der Waals surface area (Å²) >= 11 is 0. The van der Waals surface area contributed by atoms with E-state index >= 15 is 0 Å². The number of carbonyl (C=O) groups is 1. The summed E-state index contributed by atoms with van der Waals surface area (Å²) in [7, 11) is -3.18. The Hall–Kier alpha value is -1.62. The molecule has 1 aliphatic rings. The summed E-state index contributed by atoms with van der Waals surface area (Å²) in [6.07, 6.45) is 1.58. The van der Waals surface area contributed by atoms with Crippen molar-refractivity contribution in [3.63, 3.8) is 0 Å². The molecular weight excluding hydrogens is 262 g/mol. The van der Waals surface area contributed by atoms with Gasteiger partial charge in [0.1, 0.15) is 0 Å². The van der Waals surface area contributed by atoms with Crippen LogP contribution in [0, 0.1) is 13.8 Å². The second kappa shape index (κ2) is 4.81. The van der Waals surface area contributed by atoms with Gasteiger partial charge in [-0.2, -0.15) is 0 Å². The fourth-order valence-corrected chi connectivity index (χ4v) is 3.57. The lowest BCUT2D eigenvalue weighted by molar-refractivity contribution is -0.116. The van der Waals surface area contributed by atoms with Gasteiger partial charge >= 0.3 is 0 Å². The molecule has 1 heterocycles. The Labute approximate surface area is 113 Å². The first-order valence-corrected chi connectivity index (χ1v) is 7.80. The van der Waals surface area contributed by atoms with Crippen LogP contribution in [-0.4, -0.2) is 26.1 Å². The molecule has 4 nitrogen and oxygen atoms in total. The largest absolute Gasteiger partial charge is 0.304 e. The Morgan fingerprint density at radius 1 is 1.32 bits per heavy atom. The monoisotopic (exact) mass is 279 g/mol. The van der Waals surface area contributed by atoms with Gasteiger partial charge in [-0.05, 0) is 37.1 Å². The van der Waals surface area contributed by atoms with Crippen LogP contribution in [0.3, 0.4) is 0 Å². The molecule has 1 aromatic rings. The van der Waals surface area contributed by atoms with E-state index in [-0.39, 0.29) is 11.7 Å². The Morgan fingerprint density at radius 3 is 2.53 bits per heavy atom. The first-order chi connectivity index (χ1) is 8.82. The van der Waals surface area contributed by atoms with Crippen molar-refractivity contribution in [3.05, 3.63) is 40.8 Å². The van der Waals surface area contributed by atoms with Gasteiger partial charge in [0.05, 0.1) is 11.8 Å². The molecule has 0 saturated heterocycles. The fraction of sp³-hybridized carbons (Fsp3) is 0.357. The highest BCUT2D eigenvalue weighted by atomic mass is 32.2. The molecule has 0 fully saturated rings. The first-order valence-electron chi connectivity index (χ1n) is 6.09. The molecule has 0 spiro atoms. The van der Waals surface area contributed by atoms with Crippen LogP contribution in [0.4, 0.5) is 5.69 Å². The van der Waals surface area contributed by atoms with Crippen molar-refractivity contribution >= 4 is 21.4 Å². The van der Waals surface area contributed by atoms with E-state index in [9.17, 15) is 13.2 Å². The molecule has 0 aromatic heterocycles. The van der Waals surface area contributed by atoms with Crippen molar-refractivity contribution in [3.8, 4) is 0 Å². The summed E-state index contributed by atoms with van der Waals surface area (Å²) in [6, 6.07) is 5.28. The second-order valence-electron chi connectivity index (χ2n) is 4.83. The quantitative estimate of drug-likeness (QED) is 0.831. The smallest absolute Gasteiger partial charge is 0.224 e. The molecule has 1 aliphatic heterocycles. The van der Waals surface area contributed by atoms with Gasteiger partial charge < -0.3 is 4.90 Å². The van der Waals surface area contributed by atoms with Gasteiger partial charge in [-0.15, -0.1) is 0 Å². The van der Waals surface area contributed by atoms with Crippen LogP contribution in [0.2, 0.25) is 0 Å². The van der Waals surface area contributed by atoms with E-state index in [1.165, 1.54) is 12.3 Å². The van der Waals surface area contributed by atoms with Crippen molar-refractivity contribution in [2.24, 2.45) is 0 Å². The van der Waals surface area contributed by atoms with Gasteiger partial charge in [-0.1, -0.05) is 12.1 Å². The molecule has 5 heteroatoms. The molecule has 102 valence electrons. The van der Waals surface area contributed by atoms with Crippen LogP contribution in [0.25, 0.3) is 0 Å². The van der Waals surface area contributed by atoms with E-state index in [4.69, 9.17) is 0 Å². The van der Waals surface area contributed by atoms with Gasteiger partial charge in [0, 0.05) is 18.0 Å². The molecule has 19 heavy (non-hydrogen) atoms. The van der Waals surface area contributed by atoms with E-state index in [0.29, 0.717) is 0 Å². The van der Waals surface area contributed by atoms with Gasteiger partial charge in [-0.3, -0.25) is 4.79 Å². The van der Waals surface area contributed by atoms with Crippen LogP contribution in [0.5, 0.6) is 0 Å². The normalized spacial score (nSPS) is 20.5. The summed E-state index contributed by atoms with van der Waals surface area (Å²) in [6.45, 7) is 5.37. The molecule has 0 aliphatic carbocycles. The molecule has 0 radical (unpaired) electrons. The van der Waals surface area contributed by atoms with Crippen molar-refractivity contribution in [2.75, 3.05) is 10.7 Å². The number of benzene rings is 1. The van der Waals surface area contributed by atoms with Crippen LogP contribution in [-0.2, 0) is 14.6 Å². The third kappa shape index (κ3) is 2.71. The molecule has 1 amide bonds. The topological polar surface area (TPSA) is 54.5 Å². The Balaban J connectivity index is 2.45. The number of hydrogen-bond acceptors (Lipinski definition) is 3. The standard InChI is InChI=1S/C14H17NO3S/c1-10-5-4-6-14(11(10)2)15(12(3)16)13-7-8-19(17,18)9-13/h4-8,13H,9H2,1-3H3/t13-/m1/s1. The maximum Gasteiger partial charge on any atom is 0.224 e. The molecule has 1 atom stereocenters. The SMILES string of the molecule is CC(=O)N(c1cccc(C)c1C)[C@@H]1C=CS(=O)(=O)C1. The maximum absolute atomic E-state index is 11.9. The van der Waals surface area contributed by atoms with Crippen molar-refractivity contribution in [1.29, 1.82) is 0 Å². The zero-order valence-electron chi connectivity index (χ0n) is 11.3. The Morgan fingerprint density at radius 2 is 2.00 bits per heavy atom. The highest BCUT2D eigenvalue weighted by Crippen LogP contribution is 2.27. The van der Waals surface area contributed by atoms with Crippen LogP contribution >= 0.6 is 0 Å². The van der Waals surface area contributed by atoms with Crippen LogP contribution < -0.4 is 4.90 Å². The fourth-order valence-electron chi connectivity index (χ4n) is 2.30. The number of aryl methyl sites for hydroxylation is 1. The molecule has 0 bridgehead atoms. The van der Waals surface area contributed by atoms with Crippen LogP contribution in [0.15, 0.2) is 29.7 Å². The summed E-state index contributed by atoms with van der Waals surface area (Å²) in [4.78, 5) is 13.5. The highest BCUT2D eigenvalue weighted by Gasteiger charge is 2.30. The molecule has 2 rings (SSSR count). The predicted molar refractivity (Wildman–Crippen MR) is 75.8 cm³/mol. The summed E-state index contributed by atoms with van der Waals surface area (Å²) in [5, 5.41) is 1.19. The van der Waals surface area contributed by atoms with Gasteiger partial charge in [0.2, 0.25) is 5.91 Å². The molecule has 1 aromatic carbocycles. The van der Waals surface area contributed by atoms with E-state index in [2.05, 4.69) is 0 Å². The number of carbonyl (C=O) groups excluding carboxylic acids is 1. The first kappa shape index (κ1) is 13.8.